The van der Waals surface area contributed by atoms with E-state index in [0.29, 0.717) is 84.3 Å². The maximum atomic E-state index is 6.97. The summed E-state index contributed by atoms with van der Waals surface area (Å²) in [5, 5.41) is 33.4. The van der Waals surface area contributed by atoms with E-state index in [2.05, 4.69) is 42.5 Å². The average Bonchev–Trinajstić information content (AvgIpc) is 3.74. The fourth-order valence-corrected chi connectivity index (χ4v) is 12.1. The third kappa shape index (κ3) is 4.57. The molecule has 0 amide bonds. The zero-order valence-corrected chi connectivity index (χ0v) is 25.4. The molecule has 10 heteroatoms. The second-order valence-electron chi connectivity index (χ2n) is 16.1. The van der Waals surface area contributed by atoms with Crippen LogP contribution in [0.1, 0.15) is 89.9 Å². The van der Waals surface area contributed by atoms with Gasteiger partial charge in [-0.3, -0.25) is 42.5 Å². The fourth-order valence-electron chi connectivity index (χ4n) is 12.1. The molecule has 42 heavy (non-hydrogen) atoms. The summed E-state index contributed by atoms with van der Waals surface area (Å²) < 4.78 is 0. The molecule has 9 fully saturated rings. The monoisotopic (exact) mass is 582 g/mol. The lowest BCUT2D eigenvalue weighted by Gasteiger charge is -2.40. The highest BCUT2D eigenvalue weighted by Gasteiger charge is 2.55. The molecular formula is C32H58N10. The van der Waals surface area contributed by atoms with E-state index in [0.717, 1.165) is 12.8 Å². The Bertz CT molecular complexity index is 981. The van der Waals surface area contributed by atoms with Crippen LogP contribution in [0, 0.1) is 47.3 Å². The highest BCUT2D eigenvalue weighted by molar-refractivity contribution is 5.10. The molecule has 236 valence electrons. The van der Waals surface area contributed by atoms with Gasteiger partial charge >= 0.3 is 0 Å². The molecule has 12 N–H and O–H groups in total. The van der Waals surface area contributed by atoms with Crippen LogP contribution in [0.4, 0.5) is 0 Å². The van der Waals surface area contributed by atoms with Gasteiger partial charge in [-0.2, -0.15) is 0 Å². The van der Waals surface area contributed by atoms with Gasteiger partial charge in [-0.1, -0.05) is 38.5 Å². The Morgan fingerprint density at radius 3 is 0.929 bits per heavy atom. The zero-order chi connectivity index (χ0) is 27.9. The topological polar surface area (TPSA) is 148 Å². The van der Waals surface area contributed by atoms with Crippen molar-refractivity contribution in [2.24, 2.45) is 58.8 Å². The SMILES string of the molecule is NC1CCC2C3NC4NC(NC5NC(NC6NC(NC(N3)C2C1N)C1CCCCC61)C1CCCCC51)C1CCCCC41. The van der Waals surface area contributed by atoms with Gasteiger partial charge in [0.05, 0.1) is 49.3 Å². The second kappa shape index (κ2) is 11.1. The molecule has 4 aliphatic carbocycles. The molecule has 0 aromatic heterocycles. The van der Waals surface area contributed by atoms with Crippen LogP contribution < -0.4 is 54.0 Å². The average molecular weight is 583 g/mol. The van der Waals surface area contributed by atoms with Crippen LogP contribution in [0.15, 0.2) is 0 Å². The minimum atomic E-state index is 0.0247. The number of hydrogen-bond donors (Lipinski definition) is 10. The predicted molar refractivity (Wildman–Crippen MR) is 164 cm³/mol. The van der Waals surface area contributed by atoms with Crippen LogP contribution >= 0.6 is 0 Å². The van der Waals surface area contributed by atoms with Crippen molar-refractivity contribution >= 4 is 0 Å². The Labute approximate surface area is 252 Å². The summed E-state index contributed by atoms with van der Waals surface area (Å²) in [6.07, 6.45) is 20.9. The number of nitrogens with one attached hydrogen (secondary N) is 8. The molecule has 0 aromatic carbocycles. The molecule has 8 bridgehead atoms. The van der Waals surface area contributed by atoms with E-state index in [1.54, 1.807) is 0 Å². The van der Waals surface area contributed by atoms with Gasteiger partial charge in [0, 0.05) is 18.0 Å². The van der Waals surface area contributed by atoms with Gasteiger partial charge in [-0.15, -0.1) is 0 Å². The van der Waals surface area contributed by atoms with Gasteiger partial charge in [0.15, 0.2) is 0 Å². The second-order valence-corrected chi connectivity index (χ2v) is 16.1. The van der Waals surface area contributed by atoms with Crippen molar-refractivity contribution in [1.82, 2.24) is 42.5 Å². The van der Waals surface area contributed by atoms with E-state index < -0.39 is 0 Å². The van der Waals surface area contributed by atoms with Gasteiger partial charge in [0.2, 0.25) is 0 Å². The van der Waals surface area contributed by atoms with Crippen LogP contribution in [0.5, 0.6) is 0 Å². The Balaban J connectivity index is 1.06. The van der Waals surface area contributed by atoms with Crippen LogP contribution in [0.25, 0.3) is 0 Å². The lowest BCUT2D eigenvalue weighted by Crippen LogP contribution is -2.62. The Morgan fingerprint density at radius 1 is 0.310 bits per heavy atom. The van der Waals surface area contributed by atoms with E-state index in [9.17, 15) is 0 Å². The lowest BCUT2D eigenvalue weighted by atomic mass is 9.73. The third-order valence-corrected chi connectivity index (χ3v) is 14.1. The summed E-state index contributed by atoms with van der Waals surface area (Å²) >= 11 is 0. The minimum Gasteiger partial charge on any atom is -0.326 e. The quantitative estimate of drug-likeness (QED) is 0.196. The van der Waals surface area contributed by atoms with Crippen molar-refractivity contribution in [3.63, 3.8) is 0 Å². The largest absolute Gasteiger partial charge is 0.326 e. The summed E-state index contributed by atoms with van der Waals surface area (Å²) in [5.41, 5.74) is 13.6. The van der Waals surface area contributed by atoms with Crippen molar-refractivity contribution in [3.8, 4) is 0 Å². The molecule has 9 aliphatic rings. The number of nitrogens with two attached hydrogens (primary N) is 2. The fraction of sp³-hybridized carbons (Fsp3) is 1.00. The number of rotatable bonds is 0. The van der Waals surface area contributed by atoms with Gasteiger partial charge in [0.1, 0.15) is 0 Å². The molecular weight excluding hydrogens is 524 g/mol. The van der Waals surface area contributed by atoms with E-state index in [1.165, 1.54) is 77.0 Å². The molecule has 5 heterocycles. The smallest absolute Gasteiger partial charge is 0.0644 e. The summed E-state index contributed by atoms with van der Waals surface area (Å²) in [6.45, 7) is 0. The molecule has 5 saturated heterocycles. The minimum absolute atomic E-state index is 0.0247. The Kier molecular flexibility index (Phi) is 7.39. The van der Waals surface area contributed by atoms with Gasteiger partial charge in [-0.25, -0.2) is 0 Å². The van der Waals surface area contributed by atoms with E-state index >= 15 is 0 Å². The van der Waals surface area contributed by atoms with Crippen LogP contribution in [0.2, 0.25) is 0 Å². The highest BCUT2D eigenvalue weighted by atomic mass is 15.4. The van der Waals surface area contributed by atoms with Crippen molar-refractivity contribution < 1.29 is 0 Å². The molecule has 18 unspecified atom stereocenters. The molecule has 18 atom stereocenters. The van der Waals surface area contributed by atoms with E-state index in [-0.39, 0.29) is 24.4 Å². The van der Waals surface area contributed by atoms with Crippen LogP contribution in [0.3, 0.4) is 0 Å². The standard InChI is InChI=1S/C32H58N10/c33-22-14-13-21-23(24(22)34)32-41-30-20-12-6-5-11-19(20)28(39-30)37-26-16-8-2-1-7-15(16)25(35-26)36-27-17-9-3-4-10-18(17)29(38-27)40-31(21)42-32/h15-32,35-42H,1-14,33-34H2. The summed E-state index contributed by atoms with van der Waals surface area (Å²) in [6, 6.07) is 0.112. The van der Waals surface area contributed by atoms with Crippen molar-refractivity contribution in [1.29, 1.82) is 0 Å². The first-order chi connectivity index (χ1) is 20.6. The number of fused-ring (bicyclic) bond motifs is 20. The van der Waals surface area contributed by atoms with Crippen LogP contribution in [-0.2, 0) is 0 Å². The molecule has 9 rings (SSSR count). The number of hydrogen-bond acceptors (Lipinski definition) is 10. The maximum absolute atomic E-state index is 6.97. The third-order valence-electron chi connectivity index (χ3n) is 14.1. The lowest BCUT2D eigenvalue weighted by molar-refractivity contribution is 0.145. The maximum Gasteiger partial charge on any atom is 0.0644 e. The van der Waals surface area contributed by atoms with Crippen molar-refractivity contribution in [2.75, 3.05) is 0 Å². The Hall–Kier alpha value is -0.400. The van der Waals surface area contributed by atoms with Gasteiger partial charge in [-0.05, 0) is 92.8 Å². The first-order valence-corrected chi connectivity index (χ1v) is 18.2. The molecule has 10 nitrogen and oxygen atoms in total. The van der Waals surface area contributed by atoms with Crippen LogP contribution in [-0.4, -0.2) is 61.4 Å². The molecule has 0 radical (unpaired) electrons. The molecule has 4 saturated carbocycles. The molecule has 5 aliphatic heterocycles. The van der Waals surface area contributed by atoms with Gasteiger partial charge < -0.3 is 11.5 Å². The van der Waals surface area contributed by atoms with E-state index in [4.69, 9.17) is 11.5 Å². The van der Waals surface area contributed by atoms with Crippen molar-refractivity contribution in [3.05, 3.63) is 0 Å². The van der Waals surface area contributed by atoms with E-state index in [1.807, 2.05) is 0 Å². The summed E-state index contributed by atoms with van der Waals surface area (Å²) in [5.74, 6) is 4.97. The highest BCUT2D eigenvalue weighted by Crippen LogP contribution is 2.45. The first kappa shape index (κ1) is 27.9. The Morgan fingerprint density at radius 2 is 0.595 bits per heavy atom. The molecule has 0 aromatic rings. The molecule has 0 spiro atoms. The van der Waals surface area contributed by atoms with Gasteiger partial charge in [0.25, 0.3) is 0 Å². The summed E-state index contributed by atoms with van der Waals surface area (Å²) in [7, 11) is 0. The predicted octanol–water partition coefficient (Wildman–Crippen LogP) is 0.480. The normalized spacial score (nSPS) is 59.0. The summed E-state index contributed by atoms with van der Waals surface area (Å²) in [4.78, 5) is 0. The first-order valence-electron chi connectivity index (χ1n) is 18.2. The zero-order valence-electron chi connectivity index (χ0n) is 25.4. The van der Waals surface area contributed by atoms with Crippen molar-refractivity contribution in [2.45, 2.75) is 151 Å².